The standard InChI is InChI=1S/C22H34N4O3/c27-22(16-9-5-2-6-10-16)23-18-13-28-21-19(14-29-20(18)21)26-12-17(24-25-26)11-15-7-3-1-4-8-15/h12,15-16,18-21H,1-11,13-14H2,(H,23,27)/t18-,19+,20-,21+/m0/s1. The SMILES string of the molecule is O=C(N[C@H]1CO[C@H]2[C@H]1OC[C@H]2n1cc(CC2CCCCC2)nn1)C1CCCCC1. The van der Waals surface area contributed by atoms with Gasteiger partial charge >= 0.3 is 0 Å². The summed E-state index contributed by atoms with van der Waals surface area (Å²) in [6.45, 7) is 1.09. The van der Waals surface area contributed by atoms with Crippen LogP contribution in [0.5, 0.6) is 0 Å². The van der Waals surface area contributed by atoms with E-state index in [1.165, 1.54) is 51.4 Å². The van der Waals surface area contributed by atoms with Crippen LogP contribution in [0, 0.1) is 11.8 Å². The normalized spacial score (nSPS) is 33.7. The van der Waals surface area contributed by atoms with E-state index in [9.17, 15) is 4.79 Å². The first-order valence-corrected chi connectivity index (χ1v) is 11.7. The lowest BCUT2D eigenvalue weighted by molar-refractivity contribution is -0.127. The highest BCUT2D eigenvalue weighted by Crippen LogP contribution is 2.35. The molecular weight excluding hydrogens is 368 g/mol. The minimum absolute atomic E-state index is 0.0455. The first-order chi connectivity index (χ1) is 14.3. The van der Waals surface area contributed by atoms with E-state index in [-0.39, 0.29) is 36.1 Å². The van der Waals surface area contributed by atoms with E-state index in [0.29, 0.717) is 13.2 Å². The Bertz CT molecular complexity index is 696. The molecule has 7 nitrogen and oxygen atoms in total. The molecule has 2 saturated carbocycles. The summed E-state index contributed by atoms with van der Waals surface area (Å²) in [7, 11) is 0. The molecule has 4 fully saturated rings. The second-order valence-electron chi connectivity index (χ2n) is 9.51. The minimum Gasteiger partial charge on any atom is -0.371 e. The Morgan fingerprint density at radius 2 is 1.72 bits per heavy atom. The number of nitrogens with zero attached hydrogens (tertiary/aromatic N) is 3. The van der Waals surface area contributed by atoms with Crippen LogP contribution in [0.4, 0.5) is 0 Å². The Kier molecular flexibility index (Phi) is 5.86. The molecule has 4 atom stereocenters. The Balaban J connectivity index is 1.17. The van der Waals surface area contributed by atoms with Gasteiger partial charge in [0.25, 0.3) is 0 Å². The van der Waals surface area contributed by atoms with Crippen LogP contribution in [0.25, 0.3) is 0 Å². The monoisotopic (exact) mass is 402 g/mol. The second kappa shape index (κ2) is 8.72. The number of nitrogens with one attached hydrogen (secondary N) is 1. The molecule has 0 unspecified atom stereocenters. The average molecular weight is 403 g/mol. The number of carbonyl (C=O) groups excluding carboxylic acids is 1. The van der Waals surface area contributed by atoms with Crippen molar-refractivity contribution in [1.29, 1.82) is 0 Å². The van der Waals surface area contributed by atoms with Crippen LogP contribution in [-0.4, -0.2) is 52.4 Å². The summed E-state index contributed by atoms with van der Waals surface area (Å²) in [5, 5.41) is 12.0. The van der Waals surface area contributed by atoms with Crippen LogP contribution in [0.2, 0.25) is 0 Å². The van der Waals surface area contributed by atoms with Crippen LogP contribution in [0.1, 0.15) is 75.9 Å². The van der Waals surface area contributed by atoms with Crippen molar-refractivity contribution in [2.45, 2.75) is 94.9 Å². The lowest BCUT2D eigenvalue weighted by Crippen LogP contribution is -2.46. The molecule has 2 saturated heterocycles. The van der Waals surface area contributed by atoms with Gasteiger partial charge in [-0.05, 0) is 25.2 Å². The van der Waals surface area contributed by atoms with Crippen LogP contribution >= 0.6 is 0 Å². The van der Waals surface area contributed by atoms with Crippen molar-refractivity contribution >= 4 is 5.91 Å². The Morgan fingerprint density at radius 3 is 2.52 bits per heavy atom. The van der Waals surface area contributed by atoms with Crippen molar-refractivity contribution in [2.24, 2.45) is 11.8 Å². The lowest BCUT2D eigenvalue weighted by Gasteiger charge is -2.24. The van der Waals surface area contributed by atoms with Crippen LogP contribution < -0.4 is 5.32 Å². The van der Waals surface area contributed by atoms with Crippen molar-refractivity contribution < 1.29 is 14.3 Å². The van der Waals surface area contributed by atoms with Crippen molar-refractivity contribution in [3.05, 3.63) is 11.9 Å². The van der Waals surface area contributed by atoms with E-state index in [1.54, 1.807) is 0 Å². The summed E-state index contributed by atoms with van der Waals surface area (Å²) in [5.74, 6) is 1.10. The zero-order valence-corrected chi connectivity index (χ0v) is 17.3. The van der Waals surface area contributed by atoms with E-state index in [4.69, 9.17) is 9.47 Å². The Labute approximate surface area is 172 Å². The molecule has 0 spiro atoms. The third-order valence-electron chi connectivity index (χ3n) is 7.45. The molecule has 5 rings (SSSR count). The predicted octanol–water partition coefficient (Wildman–Crippen LogP) is 2.80. The minimum atomic E-state index is -0.0847. The van der Waals surface area contributed by atoms with Gasteiger partial charge < -0.3 is 14.8 Å². The summed E-state index contributed by atoms with van der Waals surface area (Å²) in [5.41, 5.74) is 1.08. The van der Waals surface area contributed by atoms with Gasteiger partial charge in [-0.1, -0.05) is 56.6 Å². The number of hydrogen-bond donors (Lipinski definition) is 1. The molecule has 1 aromatic rings. The largest absolute Gasteiger partial charge is 0.371 e. The lowest BCUT2D eigenvalue weighted by atomic mass is 9.86. The summed E-state index contributed by atoms with van der Waals surface area (Å²) in [6.07, 6.45) is 15.3. The first kappa shape index (κ1) is 19.5. The summed E-state index contributed by atoms with van der Waals surface area (Å²) in [4.78, 5) is 12.6. The highest BCUT2D eigenvalue weighted by molar-refractivity contribution is 5.79. The van der Waals surface area contributed by atoms with Gasteiger partial charge in [0.05, 0.1) is 24.9 Å². The van der Waals surface area contributed by atoms with E-state index in [1.807, 2.05) is 4.68 Å². The maximum absolute atomic E-state index is 12.6. The highest BCUT2D eigenvalue weighted by Gasteiger charge is 2.49. The quantitative estimate of drug-likeness (QED) is 0.819. The van der Waals surface area contributed by atoms with Gasteiger partial charge in [0.15, 0.2) is 0 Å². The van der Waals surface area contributed by atoms with E-state index in [2.05, 4.69) is 21.8 Å². The highest BCUT2D eigenvalue weighted by atomic mass is 16.6. The number of aromatic nitrogens is 3. The number of rotatable bonds is 5. The molecule has 7 heteroatoms. The maximum Gasteiger partial charge on any atom is 0.223 e. The third-order valence-corrected chi connectivity index (χ3v) is 7.45. The molecule has 1 amide bonds. The molecule has 0 aromatic carbocycles. The summed E-state index contributed by atoms with van der Waals surface area (Å²) < 4.78 is 14.1. The van der Waals surface area contributed by atoms with Crippen molar-refractivity contribution in [1.82, 2.24) is 20.3 Å². The Morgan fingerprint density at radius 1 is 1.00 bits per heavy atom. The van der Waals surface area contributed by atoms with E-state index in [0.717, 1.165) is 30.9 Å². The maximum atomic E-state index is 12.6. The molecule has 1 aromatic heterocycles. The third kappa shape index (κ3) is 4.22. The first-order valence-electron chi connectivity index (χ1n) is 11.7. The smallest absolute Gasteiger partial charge is 0.223 e. The van der Waals surface area contributed by atoms with Gasteiger partial charge in [-0.3, -0.25) is 4.79 Å². The average Bonchev–Trinajstić information content (AvgIpc) is 3.47. The topological polar surface area (TPSA) is 78.3 Å². The van der Waals surface area contributed by atoms with Gasteiger partial charge in [-0.2, -0.15) is 0 Å². The molecule has 0 bridgehead atoms. The number of fused-ring (bicyclic) bond motifs is 1. The summed E-state index contributed by atoms with van der Waals surface area (Å²) >= 11 is 0. The van der Waals surface area contributed by atoms with Gasteiger partial charge in [-0.25, -0.2) is 4.68 Å². The second-order valence-corrected chi connectivity index (χ2v) is 9.51. The number of ether oxygens (including phenoxy) is 2. The molecule has 160 valence electrons. The van der Waals surface area contributed by atoms with Crippen LogP contribution in [0.15, 0.2) is 6.20 Å². The molecular formula is C22H34N4O3. The van der Waals surface area contributed by atoms with Crippen molar-refractivity contribution in [3.8, 4) is 0 Å². The predicted molar refractivity (Wildman–Crippen MR) is 107 cm³/mol. The van der Waals surface area contributed by atoms with Crippen molar-refractivity contribution in [2.75, 3.05) is 13.2 Å². The number of hydrogen-bond acceptors (Lipinski definition) is 5. The number of amides is 1. The van der Waals surface area contributed by atoms with Gasteiger partial charge in [0.2, 0.25) is 5.91 Å². The van der Waals surface area contributed by atoms with Gasteiger partial charge in [0.1, 0.15) is 18.2 Å². The van der Waals surface area contributed by atoms with E-state index >= 15 is 0 Å². The number of carbonyl (C=O) groups is 1. The zero-order valence-electron chi connectivity index (χ0n) is 17.3. The fourth-order valence-electron chi connectivity index (χ4n) is 5.75. The fraction of sp³-hybridized carbons (Fsp3) is 0.864. The summed E-state index contributed by atoms with van der Waals surface area (Å²) in [6, 6.07) is -0.00570. The molecule has 3 heterocycles. The van der Waals surface area contributed by atoms with Gasteiger partial charge in [0, 0.05) is 12.1 Å². The van der Waals surface area contributed by atoms with Crippen LogP contribution in [0.3, 0.4) is 0 Å². The van der Waals surface area contributed by atoms with Gasteiger partial charge in [-0.15, -0.1) is 5.10 Å². The molecule has 2 aliphatic carbocycles. The zero-order chi connectivity index (χ0) is 19.6. The Hall–Kier alpha value is -1.47. The molecule has 1 N–H and O–H groups in total. The van der Waals surface area contributed by atoms with E-state index < -0.39 is 0 Å². The fourth-order valence-corrected chi connectivity index (χ4v) is 5.75. The molecule has 2 aliphatic heterocycles. The molecule has 29 heavy (non-hydrogen) atoms. The molecule has 4 aliphatic rings. The van der Waals surface area contributed by atoms with Crippen molar-refractivity contribution in [3.63, 3.8) is 0 Å². The van der Waals surface area contributed by atoms with Crippen LogP contribution in [-0.2, 0) is 20.7 Å². The molecule has 0 radical (unpaired) electrons.